The molecule has 4 aromatic rings. The second kappa shape index (κ2) is 9.11. The molecule has 0 fully saturated rings. The number of carbonyl (C=O) groups is 1. The lowest BCUT2D eigenvalue weighted by molar-refractivity contribution is 0.0946. The van der Waals surface area contributed by atoms with Crippen molar-refractivity contribution in [1.29, 1.82) is 0 Å². The van der Waals surface area contributed by atoms with E-state index in [1.807, 2.05) is 24.3 Å². The van der Waals surface area contributed by atoms with Gasteiger partial charge < -0.3 is 10.3 Å². The van der Waals surface area contributed by atoms with Crippen molar-refractivity contribution in [3.63, 3.8) is 0 Å². The number of imidazole rings is 1. The molecule has 0 aliphatic rings. The molecule has 3 aromatic heterocycles. The normalized spacial score (nSPS) is 11.1. The number of nitrogens with one attached hydrogen (secondary N) is 2. The Hall–Kier alpha value is -2.84. The minimum Gasteiger partial charge on any atom is -0.345 e. The van der Waals surface area contributed by atoms with Gasteiger partial charge in [0.05, 0.1) is 28.3 Å². The smallest absolute Gasteiger partial charge is 0.272 e. The van der Waals surface area contributed by atoms with Crippen molar-refractivity contribution in [2.24, 2.45) is 0 Å². The van der Waals surface area contributed by atoms with Gasteiger partial charge in [0.25, 0.3) is 5.91 Å². The molecule has 0 radical (unpaired) electrons. The average Bonchev–Trinajstić information content (AvgIpc) is 3.33. The third-order valence-electron chi connectivity index (χ3n) is 4.40. The molecule has 0 saturated carbocycles. The van der Waals surface area contributed by atoms with Gasteiger partial charge in [-0.15, -0.1) is 11.3 Å². The second-order valence-electron chi connectivity index (χ2n) is 6.54. The van der Waals surface area contributed by atoms with Crippen LogP contribution in [-0.4, -0.2) is 31.1 Å². The molecule has 3 heterocycles. The Balaban J connectivity index is 1.27. The zero-order chi connectivity index (χ0) is 20.1. The summed E-state index contributed by atoms with van der Waals surface area (Å²) in [5, 5.41) is 11.4. The predicted octanol–water partition coefficient (Wildman–Crippen LogP) is 3.96. The Labute approximate surface area is 176 Å². The zero-order valence-corrected chi connectivity index (χ0v) is 17.1. The van der Waals surface area contributed by atoms with E-state index in [4.69, 9.17) is 11.6 Å². The SMILES string of the molecule is O=C(NCc1cccnn1)c1nc(CCCCc2nc3ccccc3[nH]2)sc1Cl. The van der Waals surface area contributed by atoms with Gasteiger partial charge in [-0.25, -0.2) is 9.97 Å². The molecule has 1 aromatic carbocycles. The summed E-state index contributed by atoms with van der Waals surface area (Å²) in [5.41, 5.74) is 3.00. The second-order valence-corrected chi connectivity index (χ2v) is 8.22. The monoisotopic (exact) mass is 426 g/mol. The number of amides is 1. The van der Waals surface area contributed by atoms with Crippen LogP contribution >= 0.6 is 22.9 Å². The lowest BCUT2D eigenvalue weighted by atomic mass is 10.2. The van der Waals surface area contributed by atoms with Crippen LogP contribution in [0.4, 0.5) is 0 Å². The van der Waals surface area contributed by atoms with E-state index in [1.54, 1.807) is 18.3 Å². The number of hydrogen-bond donors (Lipinski definition) is 2. The third-order valence-corrected chi connectivity index (χ3v) is 5.71. The van der Waals surface area contributed by atoms with Crippen LogP contribution in [0.3, 0.4) is 0 Å². The number of H-pyrrole nitrogens is 1. The first-order chi connectivity index (χ1) is 14.2. The fourth-order valence-electron chi connectivity index (χ4n) is 2.97. The highest BCUT2D eigenvalue weighted by atomic mass is 35.5. The molecule has 148 valence electrons. The number of aromatic nitrogens is 5. The minimum atomic E-state index is -0.301. The molecule has 4 rings (SSSR count). The van der Waals surface area contributed by atoms with Gasteiger partial charge in [0.2, 0.25) is 0 Å². The largest absolute Gasteiger partial charge is 0.345 e. The molecule has 9 heteroatoms. The average molecular weight is 427 g/mol. The molecule has 0 saturated heterocycles. The highest BCUT2D eigenvalue weighted by Crippen LogP contribution is 2.25. The summed E-state index contributed by atoms with van der Waals surface area (Å²) in [7, 11) is 0. The van der Waals surface area contributed by atoms with Crippen LogP contribution in [0.25, 0.3) is 11.0 Å². The van der Waals surface area contributed by atoms with Crippen molar-refractivity contribution in [1.82, 2.24) is 30.5 Å². The maximum atomic E-state index is 12.3. The van der Waals surface area contributed by atoms with E-state index in [-0.39, 0.29) is 18.1 Å². The Bertz CT molecular complexity index is 1080. The van der Waals surface area contributed by atoms with E-state index in [1.165, 1.54) is 11.3 Å². The quantitative estimate of drug-likeness (QED) is 0.416. The Kier molecular flexibility index (Phi) is 6.12. The van der Waals surface area contributed by atoms with Crippen LogP contribution in [0.1, 0.15) is 39.9 Å². The summed E-state index contributed by atoms with van der Waals surface area (Å²) in [4.78, 5) is 24.7. The first-order valence-corrected chi connectivity index (χ1v) is 10.5. The van der Waals surface area contributed by atoms with Crippen molar-refractivity contribution in [3.8, 4) is 0 Å². The molecule has 7 nitrogen and oxygen atoms in total. The molecular formula is C20H19ClN6OS. The number of aromatic amines is 1. The third kappa shape index (κ3) is 4.96. The minimum absolute atomic E-state index is 0.271. The van der Waals surface area contributed by atoms with Crippen molar-refractivity contribution in [2.75, 3.05) is 0 Å². The highest BCUT2D eigenvalue weighted by Gasteiger charge is 2.17. The number of nitrogens with zero attached hydrogens (tertiary/aromatic N) is 4. The molecule has 29 heavy (non-hydrogen) atoms. The molecule has 2 N–H and O–H groups in total. The Morgan fingerprint density at radius 2 is 1.97 bits per heavy atom. The van der Waals surface area contributed by atoms with E-state index >= 15 is 0 Å². The number of thiazole rings is 1. The lowest BCUT2D eigenvalue weighted by Crippen LogP contribution is -2.24. The predicted molar refractivity (Wildman–Crippen MR) is 113 cm³/mol. The number of hydrogen-bond acceptors (Lipinski definition) is 6. The van der Waals surface area contributed by atoms with E-state index in [9.17, 15) is 4.79 Å². The maximum absolute atomic E-state index is 12.3. The summed E-state index contributed by atoms with van der Waals surface area (Å²) in [6.07, 6.45) is 5.16. The van der Waals surface area contributed by atoms with Crippen molar-refractivity contribution >= 4 is 39.9 Å². The number of carbonyl (C=O) groups excluding carboxylic acids is 1. The molecule has 0 atom stereocenters. The molecular weight excluding hydrogens is 408 g/mol. The Morgan fingerprint density at radius 3 is 2.79 bits per heavy atom. The van der Waals surface area contributed by atoms with Gasteiger partial charge in [-0.3, -0.25) is 4.79 Å². The molecule has 0 aliphatic heterocycles. The summed E-state index contributed by atoms with van der Waals surface area (Å²) in [6, 6.07) is 11.6. The maximum Gasteiger partial charge on any atom is 0.272 e. The molecule has 1 amide bonds. The van der Waals surface area contributed by atoms with Crippen molar-refractivity contribution in [3.05, 3.63) is 69.2 Å². The molecule has 0 bridgehead atoms. The highest BCUT2D eigenvalue weighted by molar-refractivity contribution is 7.16. The lowest BCUT2D eigenvalue weighted by Gasteiger charge is -2.02. The fourth-order valence-corrected chi connectivity index (χ4v) is 4.19. The number of fused-ring (bicyclic) bond motifs is 1. The van der Waals surface area contributed by atoms with Gasteiger partial charge in [-0.05, 0) is 43.5 Å². The van der Waals surface area contributed by atoms with E-state index in [0.717, 1.165) is 47.5 Å². The van der Waals surface area contributed by atoms with Crippen LogP contribution in [-0.2, 0) is 19.4 Å². The number of rotatable bonds is 8. The van der Waals surface area contributed by atoms with Crippen molar-refractivity contribution in [2.45, 2.75) is 32.2 Å². The standard InChI is InChI=1S/C20H19ClN6OS/c21-19-18(20(28)22-12-13-6-5-11-23-27-13)26-17(29-19)10-4-3-9-16-24-14-7-1-2-8-15(14)25-16/h1-2,5-8,11H,3-4,9-10,12H2,(H,22,28)(H,24,25). The zero-order valence-electron chi connectivity index (χ0n) is 15.6. The van der Waals surface area contributed by atoms with E-state index in [0.29, 0.717) is 10.0 Å². The number of para-hydroxylation sites is 2. The van der Waals surface area contributed by atoms with E-state index < -0.39 is 0 Å². The summed E-state index contributed by atoms with van der Waals surface area (Å²) in [5.74, 6) is 0.692. The van der Waals surface area contributed by atoms with Crippen LogP contribution in [0, 0.1) is 0 Å². The summed E-state index contributed by atoms with van der Waals surface area (Å²) in [6.45, 7) is 0.285. The van der Waals surface area contributed by atoms with Gasteiger partial charge in [0.1, 0.15) is 10.2 Å². The van der Waals surface area contributed by atoms with Gasteiger partial charge in [-0.2, -0.15) is 10.2 Å². The van der Waals surface area contributed by atoms with Gasteiger partial charge in [0.15, 0.2) is 5.69 Å². The Morgan fingerprint density at radius 1 is 1.10 bits per heavy atom. The van der Waals surface area contributed by atoms with Crippen LogP contribution in [0.15, 0.2) is 42.6 Å². The van der Waals surface area contributed by atoms with E-state index in [2.05, 4.69) is 30.5 Å². The van der Waals surface area contributed by atoms with Gasteiger partial charge in [0, 0.05) is 12.6 Å². The summed E-state index contributed by atoms with van der Waals surface area (Å²) < 4.78 is 0.411. The number of unbranched alkanes of at least 4 members (excludes halogenated alkanes) is 1. The number of halogens is 1. The van der Waals surface area contributed by atoms with Crippen molar-refractivity contribution < 1.29 is 4.79 Å². The summed E-state index contributed by atoms with van der Waals surface area (Å²) >= 11 is 7.58. The fraction of sp³-hybridized carbons (Fsp3) is 0.250. The molecule has 0 unspecified atom stereocenters. The van der Waals surface area contributed by atoms with Crippen LogP contribution in [0.5, 0.6) is 0 Å². The first-order valence-electron chi connectivity index (χ1n) is 9.32. The topological polar surface area (TPSA) is 96.5 Å². The van der Waals surface area contributed by atoms with Crippen LogP contribution < -0.4 is 5.32 Å². The first kappa shape index (κ1) is 19.5. The van der Waals surface area contributed by atoms with Gasteiger partial charge in [-0.1, -0.05) is 23.7 Å². The number of benzene rings is 1. The van der Waals surface area contributed by atoms with Crippen LogP contribution in [0.2, 0.25) is 4.34 Å². The number of aryl methyl sites for hydroxylation is 2. The van der Waals surface area contributed by atoms with Gasteiger partial charge >= 0.3 is 0 Å². The molecule has 0 spiro atoms. The molecule has 0 aliphatic carbocycles.